The van der Waals surface area contributed by atoms with Gasteiger partial charge in [-0.2, -0.15) is 5.10 Å². The van der Waals surface area contributed by atoms with Crippen molar-refractivity contribution >= 4 is 29.3 Å². The number of carbonyl (C=O) groups is 1. The molecule has 0 saturated carbocycles. The van der Waals surface area contributed by atoms with Gasteiger partial charge in [0, 0.05) is 38.6 Å². The molecule has 108 valence electrons. The molecule has 1 aliphatic rings. The third kappa shape index (κ3) is 2.88. The lowest BCUT2D eigenvalue weighted by Crippen LogP contribution is -2.32. The number of amides is 1. The van der Waals surface area contributed by atoms with Crippen molar-refractivity contribution in [3.8, 4) is 0 Å². The van der Waals surface area contributed by atoms with Gasteiger partial charge in [0.2, 0.25) is 0 Å². The summed E-state index contributed by atoms with van der Waals surface area (Å²) in [7, 11) is 3.50. The summed E-state index contributed by atoms with van der Waals surface area (Å²) in [6, 6.07) is 0. The number of nitrogens with one attached hydrogen (secondary N) is 1. The fraction of sp³-hybridized carbons (Fsp3) is 0.462. The maximum Gasteiger partial charge on any atom is 0.276 e. The van der Waals surface area contributed by atoms with Crippen LogP contribution >= 0.6 is 12.2 Å². The van der Waals surface area contributed by atoms with Gasteiger partial charge < -0.3 is 10.1 Å². The molecule has 0 unspecified atom stereocenters. The average Bonchev–Trinajstić information content (AvgIpc) is 2.87. The quantitative estimate of drug-likeness (QED) is 0.495. The van der Waals surface area contributed by atoms with Crippen LogP contribution in [0.5, 0.6) is 0 Å². The van der Waals surface area contributed by atoms with Crippen molar-refractivity contribution in [2.24, 2.45) is 7.05 Å². The number of thiocarbonyl (C=S) groups is 1. The number of nitrogens with zero attached hydrogens (tertiary/aromatic N) is 3. The Morgan fingerprint density at radius 1 is 1.55 bits per heavy atom. The SMILES string of the molecule is COCCCN1C(=O)/C(=C\c2cnn(C)c2C)NC1=S. The Morgan fingerprint density at radius 3 is 2.90 bits per heavy atom. The topological polar surface area (TPSA) is 59.4 Å². The van der Waals surface area contributed by atoms with E-state index in [0.717, 1.165) is 17.7 Å². The summed E-state index contributed by atoms with van der Waals surface area (Å²) < 4.78 is 6.75. The smallest absolute Gasteiger partial charge is 0.276 e. The molecule has 1 amide bonds. The number of aromatic nitrogens is 2. The van der Waals surface area contributed by atoms with Crippen molar-refractivity contribution in [1.82, 2.24) is 20.0 Å². The zero-order chi connectivity index (χ0) is 14.7. The standard InChI is InChI=1S/C13H18N4O2S/c1-9-10(8-14-16(9)2)7-11-12(18)17(13(20)15-11)5-4-6-19-3/h7-8H,4-6H2,1-3H3,(H,15,20)/b11-7+. The highest BCUT2D eigenvalue weighted by atomic mass is 32.1. The minimum absolute atomic E-state index is 0.102. The molecule has 0 radical (unpaired) electrons. The third-order valence-corrected chi connectivity index (χ3v) is 3.59. The average molecular weight is 294 g/mol. The summed E-state index contributed by atoms with van der Waals surface area (Å²) in [5.41, 5.74) is 2.39. The maximum atomic E-state index is 12.3. The van der Waals surface area contributed by atoms with E-state index < -0.39 is 0 Å². The van der Waals surface area contributed by atoms with E-state index >= 15 is 0 Å². The lowest BCUT2D eigenvalue weighted by molar-refractivity contribution is -0.122. The maximum absolute atomic E-state index is 12.3. The van der Waals surface area contributed by atoms with Gasteiger partial charge in [-0.05, 0) is 31.6 Å². The number of rotatable bonds is 5. The summed E-state index contributed by atoms with van der Waals surface area (Å²) in [4.78, 5) is 13.8. The number of carbonyl (C=O) groups excluding carboxylic acids is 1. The van der Waals surface area contributed by atoms with Crippen molar-refractivity contribution in [2.45, 2.75) is 13.3 Å². The minimum Gasteiger partial charge on any atom is -0.385 e. The molecule has 2 heterocycles. The van der Waals surface area contributed by atoms with E-state index in [-0.39, 0.29) is 5.91 Å². The number of ether oxygens (including phenoxy) is 1. The minimum atomic E-state index is -0.102. The lowest BCUT2D eigenvalue weighted by atomic mass is 10.2. The molecule has 0 spiro atoms. The fourth-order valence-electron chi connectivity index (χ4n) is 1.95. The van der Waals surface area contributed by atoms with Crippen LogP contribution in [-0.2, 0) is 16.6 Å². The van der Waals surface area contributed by atoms with Crippen molar-refractivity contribution in [1.29, 1.82) is 0 Å². The van der Waals surface area contributed by atoms with Crippen LogP contribution in [0.15, 0.2) is 11.9 Å². The Hall–Kier alpha value is -1.73. The van der Waals surface area contributed by atoms with Crippen molar-refractivity contribution in [3.63, 3.8) is 0 Å². The van der Waals surface area contributed by atoms with Gasteiger partial charge in [0.05, 0.1) is 6.20 Å². The van der Waals surface area contributed by atoms with Crippen LogP contribution in [0.2, 0.25) is 0 Å². The molecule has 6 nitrogen and oxygen atoms in total. The summed E-state index contributed by atoms with van der Waals surface area (Å²) >= 11 is 5.19. The Balaban J connectivity index is 2.13. The first-order valence-electron chi connectivity index (χ1n) is 6.36. The monoisotopic (exact) mass is 294 g/mol. The second-order valence-electron chi connectivity index (χ2n) is 4.60. The second-order valence-corrected chi connectivity index (χ2v) is 4.99. The van der Waals surface area contributed by atoms with Crippen LogP contribution < -0.4 is 5.32 Å². The molecule has 1 saturated heterocycles. The molecule has 7 heteroatoms. The Bertz CT molecular complexity index is 565. The van der Waals surface area contributed by atoms with Gasteiger partial charge >= 0.3 is 0 Å². The second kappa shape index (κ2) is 6.15. The molecular formula is C13H18N4O2S. The molecule has 0 aliphatic carbocycles. The van der Waals surface area contributed by atoms with E-state index in [1.54, 1.807) is 29.0 Å². The van der Waals surface area contributed by atoms with Gasteiger partial charge in [-0.3, -0.25) is 14.4 Å². The molecule has 20 heavy (non-hydrogen) atoms. The van der Waals surface area contributed by atoms with Crippen molar-refractivity contribution in [3.05, 3.63) is 23.2 Å². The first kappa shape index (κ1) is 14.7. The molecule has 0 bridgehead atoms. The molecule has 0 aromatic carbocycles. The largest absolute Gasteiger partial charge is 0.385 e. The van der Waals surface area contributed by atoms with Gasteiger partial charge in [-0.15, -0.1) is 0 Å². The van der Waals surface area contributed by atoms with Crippen LogP contribution in [0, 0.1) is 6.92 Å². The van der Waals surface area contributed by atoms with Crippen LogP contribution in [-0.4, -0.2) is 46.0 Å². The summed E-state index contributed by atoms with van der Waals surface area (Å²) in [5.74, 6) is -0.102. The van der Waals surface area contributed by atoms with Crippen LogP contribution in [0.3, 0.4) is 0 Å². The van der Waals surface area contributed by atoms with Gasteiger partial charge in [0.1, 0.15) is 5.70 Å². The van der Waals surface area contributed by atoms with Gasteiger partial charge in [-0.25, -0.2) is 0 Å². The van der Waals surface area contributed by atoms with Gasteiger partial charge in [-0.1, -0.05) is 0 Å². The van der Waals surface area contributed by atoms with E-state index in [0.29, 0.717) is 24.0 Å². The predicted molar refractivity (Wildman–Crippen MR) is 79.9 cm³/mol. The first-order chi connectivity index (χ1) is 9.54. The van der Waals surface area contributed by atoms with E-state index in [1.165, 1.54) is 0 Å². The zero-order valence-electron chi connectivity index (χ0n) is 11.8. The van der Waals surface area contributed by atoms with Crippen molar-refractivity contribution < 1.29 is 9.53 Å². The van der Waals surface area contributed by atoms with Crippen LogP contribution in [0.4, 0.5) is 0 Å². The molecular weight excluding hydrogens is 276 g/mol. The van der Waals surface area contributed by atoms with Gasteiger partial charge in [0.15, 0.2) is 5.11 Å². The number of hydrogen-bond donors (Lipinski definition) is 1. The highest BCUT2D eigenvalue weighted by molar-refractivity contribution is 7.80. The normalized spacial score (nSPS) is 17.1. The number of hydrogen-bond acceptors (Lipinski definition) is 4. The van der Waals surface area contributed by atoms with E-state index in [9.17, 15) is 4.79 Å². The summed E-state index contributed by atoms with van der Waals surface area (Å²) in [6.45, 7) is 3.11. The molecule has 1 aromatic rings. The van der Waals surface area contributed by atoms with E-state index in [2.05, 4.69) is 10.4 Å². The molecule has 1 aliphatic heterocycles. The lowest BCUT2D eigenvalue weighted by Gasteiger charge is -2.12. The molecule has 1 fully saturated rings. The Morgan fingerprint density at radius 2 is 2.30 bits per heavy atom. The Kier molecular flexibility index (Phi) is 4.51. The highest BCUT2D eigenvalue weighted by Crippen LogP contribution is 2.16. The molecule has 1 aromatic heterocycles. The number of methoxy groups -OCH3 is 1. The van der Waals surface area contributed by atoms with Crippen LogP contribution in [0.1, 0.15) is 17.7 Å². The van der Waals surface area contributed by atoms with Crippen LogP contribution in [0.25, 0.3) is 6.08 Å². The fourth-order valence-corrected chi connectivity index (χ4v) is 2.24. The van der Waals surface area contributed by atoms with Crippen molar-refractivity contribution in [2.75, 3.05) is 20.3 Å². The predicted octanol–water partition coefficient (Wildman–Crippen LogP) is 0.823. The molecule has 0 atom stereocenters. The summed E-state index contributed by atoms with van der Waals surface area (Å²) in [6.07, 6.45) is 4.27. The van der Waals surface area contributed by atoms with Gasteiger partial charge in [0.25, 0.3) is 5.91 Å². The molecule has 1 N–H and O–H groups in total. The van der Waals surface area contributed by atoms with E-state index in [1.807, 2.05) is 14.0 Å². The highest BCUT2D eigenvalue weighted by Gasteiger charge is 2.30. The first-order valence-corrected chi connectivity index (χ1v) is 6.77. The molecule has 2 rings (SSSR count). The van der Waals surface area contributed by atoms with E-state index in [4.69, 9.17) is 17.0 Å². The number of aryl methyl sites for hydroxylation is 1. The summed E-state index contributed by atoms with van der Waals surface area (Å²) in [5, 5.41) is 7.55. The zero-order valence-corrected chi connectivity index (χ0v) is 12.7. The Labute approximate surface area is 123 Å². The third-order valence-electron chi connectivity index (χ3n) is 3.27.